The average molecular weight is 381 g/mol. The molecule has 0 saturated heterocycles. The maximum absolute atomic E-state index is 12.0. The summed E-state index contributed by atoms with van der Waals surface area (Å²) in [4.78, 5) is 12.0. The Labute approximate surface area is 153 Å². The summed E-state index contributed by atoms with van der Waals surface area (Å²) in [6, 6.07) is 6.84. The van der Waals surface area contributed by atoms with E-state index in [1.54, 1.807) is 31.2 Å². The van der Waals surface area contributed by atoms with Crippen LogP contribution in [0.4, 0.5) is 0 Å². The number of hydrogen-bond acceptors (Lipinski definition) is 6. The van der Waals surface area contributed by atoms with E-state index in [0.29, 0.717) is 32.8 Å². The van der Waals surface area contributed by atoms with E-state index in [9.17, 15) is 4.79 Å². The minimum absolute atomic E-state index is 0.0421. The van der Waals surface area contributed by atoms with Gasteiger partial charge in [0.05, 0.1) is 12.0 Å². The van der Waals surface area contributed by atoms with Gasteiger partial charge in [-0.1, -0.05) is 29.3 Å². The van der Waals surface area contributed by atoms with Crippen LogP contribution in [0.2, 0.25) is 10.0 Å². The third kappa shape index (κ3) is 4.03. The van der Waals surface area contributed by atoms with E-state index in [1.807, 2.05) is 6.92 Å². The highest BCUT2D eigenvalue weighted by Gasteiger charge is 2.16. The molecule has 6 nitrogen and oxygen atoms in total. The van der Waals surface area contributed by atoms with Gasteiger partial charge in [0.25, 0.3) is 11.8 Å². The Hall–Kier alpha value is -2.31. The number of rotatable bonds is 5. The quantitative estimate of drug-likeness (QED) is 0.604. The predicted molar refractivity (Wildman–Crippen MR) is 91.4 cm³/mol. The molecule has 0 spiro atoms. The summed E-state index contributed by atoms with van der Waals surface area (Å²) in [6.45, 7) is 3.50. The summed E-state index contributed by atoms with van der Waals surface area (Å²) in [5.41, 5.74) is 1.23. The van der Waals surface area contributed by atoms with Crippen LogP contribution >= 0.6 is 23.2 Å². The third-order valence-electron chi connectivity index (χ3n) is 3.48. The van der Waals surface area contributed by atoms with Gasteiger partial charge in [-0.3, -0.25) is 4.79 Å². The molecule has 130 valence electrons. The van der Waals surface area contributed by atoms with Crippen LogP contribution in [0.5, 0.6) is 0 Å². The summed E-state index contributed by atoms with van der Waals surface area (Å²) in [6.07, 6.45) is -0.0421. The summed E-state index contributed by atoms with van der Waals surface area (Å²) in [5.74, 6) is 1.43. The number of hydrogen-bond donors (Lipinski definition) is 0. The van der Waals surface area contributed by atoms with Gasteiger partial charge < -0.3 is 13.6 Å². The lowest BCUT2D eigenvalue weighted by atomic mass is 10.1. The monoisotopic (exact) mass is 380 g/mol. The van der Waals surface area contributed by atoms with E-state index in [4.69, 9.17) is 36.8 Å². The molecule has 0 radical (unpaired) electrons. The smallest absolute Gasteiger partial charge is 0.310 e. The average Bonchev–Trinajstić information content (AvgIpc) is 3.15. The molecule has 0 bridgehead atoms. The summed E-state index contributed by atoms with van der Waals surface area (Å²) in [5, 5.41) is 8.63. The standard InChI is InChI=1S/C17H14Cl2N2O4/c1-9-6-11(10(2)24-9)17-21-20-15(25-17)8-23-16(22)7-12-13(18)4-3-5-14(12)19/h3-6H,7-8H2,1-2H3. The Morgan fingerprint density at radius 3 is 2.52 bits per heavy atom. The summed E-state index contributed by atoms with van der Waals surface area (Å²) in [7, 11) is 0. The number of aryl methyl sites for hydroxylation is 2. The van der Waals surface area contributed by atoms with Crippen LogP contribution in [0.15, 0.2) is 33.1 Å². The van der Waals surface area contributed by atoms with Crippen LogP contribution in [0.3, 0.4) is 0 Å². The van der Waals surface area contributed by atoms with E-state index < -0.39 is 5.97 Å². The van der Waals surface area contributed by atoms with Crippen molar-refractivity contribution in [1.29, 1.82) is 0 Å². The molecule has 2 heterocycles. The van der Waals surface area contributed by atoms with Crippen molar-refractivity contribution < 1.29 is 18.4 Å². The Bertz CT molecular complexity index is 897. The number of ether oxygens (including phenoxy) is 1. The van der Waals surface area contributed by atoms with Crippen molar-refractivity contribution in [2.45, 2.75) is 26.9 Å². The molecule has 0 saturated carbocycles. The van der Waals surface area contributed by atoms with Crippen molar-refractivity contribution in [3.63, 3.8) is 0 Å². The molecule has 0 atom stereocenters. The maximum Gasteiger partial charge on any atom is 0.310 e. The minimum atomic E-state index is -0.495. The highest BCUT2D eigenvalue weighted by atomic mass is 35.5. The van der Waals surface area contributed by atoms with Gasteiger partial charge in [0, 0.05) is 15.6 Å². The zero-order chi connectivity index (χ0) is 18.0. The zero-order valence-corrected chi connectivity index (χ0v) is 15.0. The largest absolute Gasteiger partial charge is 0.466 e. The molecular weight excluding hydrogens is 367 g/mol. The van der Waals surface area contributed by atoms with Gasteiger partial charge in [0.2, 0.25) is 0 Å². The normalized spacial score (nSPS) is 10.9. The van der Waals surface area contributed by atoms with E-state index >= 15 is 0 Å². The first-order valence-corrected chi connectivity index (χ1v) is 8.18. The minimum Gasteiger partial charge on any atom is -0.466 e. The molecule has 8 heteroatoms. The molecule has 0 aliphatic carbocycles. The lowest BCUT2D eigenvalue weighted by Gasteiger charge is -2.06. The highest BCUT2D eigenvalue weighted by molar-refractivity contribution is 6.36. The van der Waals surface area contributed by atoms with Gasteiger partial charge in [-0.15, -0.1) is 10.2 Å². The van der Waals surface area contributed by atoms with Gasteiger partial charge in [-0.25, -0.2) is 0 Å². The van der Waals surface area contributed by atoms with Crippen LogP contribution in [0.1, 0.15) is 23.0 Å². The van der Waals surface area contributed by atoms with Gasteiger partial charge in [-0.05, 0) is 32.0 Å². The highest BCUT2D eigenvalue weighted by Crippen LogP contribution is 2.26. The number of nitrogens with zero attached hydrogens (tertiary/aromatic N) is 2. The topological polar surface area (TPSA) is 78.4 Å². The second kappa shape index (κ2) is 7.29. The van der Waals surface area contributed by atoms with E-state index in [0.717, 1.165) is 5.76 Å². The first-order chi connectivity index (χ1) is 11.9. The molecule has 0 unspecified atom stereocenters. The van der Waals surface area contributed by atoms with Gasteiger partial charge in [0.15, 0.2) is 6.61 Å². The predicted octanol–water partition coefficient (Wildman–Crippen LogP) is 4.54. The molecule has 25 heavy (non-hydrogen) atoms. The van der Waals surface area contributed by atoms with Crippen LogP contribution in [0.25, 0.3) is 11.5 Å². The van der Waals surface area contributed by atoms with Crippen molar-refractivity contribution in [3.05, 3.63) is 57.3 Å². The van der Waals surface area contributed by atoms with E-state index in [-0.39, 0.29) is 18.9 Å². The fraction of sp³-hybridized carbons (Fsp3) is 0.235. The Kier molecular flexibility index (Phi) is 5.11. The van der Waals surface area contributed by atoms with Gasteiger partial charge >= 0.3 is 5.97 Å². The molecule has 2 aromatic heterocycles. The first kappa shape index (κ1) is 17.5. The van der Waals surface area contributed by atoms with Gasteiger partial charge in [-0.2, -0.15) is 0 Å². The fourth-order valence-electron chi connectivity index (χ4n) is 2.30. The molecule has 0 N–H and O–H groups in total. The molecule has 1 aromatic carbocycles. The second-order valence-corrected chi connectivity index (χ2v) is 6.18. The molecule has 0 aliphatic heterocycles. The molecule has 0 fully saturated rings. The molecule has 0 amide bonds. The Balaban J connectivity index is 1.62. The number of furan rings is 1. The van der Waals surface area contributed by atoms with Crippen LogP contribution < -0.4 is 0 Å². The molecule has 3 aromatic rings. The van der Waals surface area contributed by atoms with E-state index in [1.165, 1.54) is 0 Å². The number of carbonyl (C=O) groups is 1. The van der Waals surface area contributed by atoms with Crippen LogP contribution in [-0.4, -0.2) is 16.2 Å². The maximum atomic E-state index is 12.0. The number of carbonyl (C=O) groups excluding carboxylic acids is 1. The number of aromatic nitrogens is 2. The van der Waals surface area contributed by atoms with Crippen molar-refractivity contribution in [2.24, 2.45) is 0 Å². The number of esters is 1. The van der Waals surface area contributed by atoms with E-state index in [2.05, 4.69) is 10.2 Å². The van der Waals surface area contributed by atoms with Crippen molar-refractivity contribution >= 4 is 29.2 Å². The van der Waals surface area contributed by atoms with Gasteiger partial charge in [0.1, 0.15) is 11.5 Å². The first-order valence-electron chi connectivity index (χ1n) is 7.42. The second-order valence-electron chi connectivity index (χ2n) is 5.37. The lowest BCUT2D eigenvalue weighted by Crippen LogP contribution is -2.09. The SMILES string of the molecule is Cc1cc(-c2nnc(COC(=O)Cc3c(Cl)cccc3Cl)o2)c(C)o1. The molecular formula is C17H14Cl2N2O4. The third-order valence-corrected chi connectivity index (χ3v) is 4.19. The fourth-order valence-corrected chi connectivity index (χ4v) is 2.83. The van der Waals surface area contributed by atoms with Crippen LogP contribution in [-0.2, 0) is 22.6 Å². The van der Waals surface area contributed by atoms with Crippen molar-refractivity contribution in [2.75, 3.05) is 0 Å². The lowest BCUT2D eigenvalue weighted by molar-refractivity contribution is -0.144. The zero-order valence-electron chi connectivity index (χ0n) is 13.5. The summed E-state index contributed by atoms with van der Waals surface area (Å²) >= 11 is 12.1. The molecule has 0 aliphatic rings. The number of benzene rings is 1. The van der Waals surface area contributed by atoms with Crippen molar-refractivity contribution in [3.8, 4) is 11.5 Å². The Morgan fingerprint density at radius 2 is 1.88 bits per heavy atom. The molecule has 3 rings (SSSR count). The van der Waals surface area contributed by atoms with Crippen LogP contribution in [0, 0.1) is 13.8 Å². The van der Waals surface area contributed by atoms with Crippen molar-refractivity contribution in [1.82, 2.24) is 10.2 Å². The summed E-state index contributed by atoms with van der Waals surface area (Å²) < 4.78 is 16.1. The number of halogens is 2. The Morgan fingerprint density at radius 1 is 1.16 bits per heavy atom.